The van der Waals surface area contributed by atoms with Gasteiger partial charge in [0.05, 0.1) is 5.69 Å². The Morgan fingerprint density at radius 1 is 1.29 bits per heavy atom. The molecule has 2 nitrogen and oxygen atoms in total. The number of aryl methyl sites for hydroxylation is 1. The molecule has 0 unspecified atom stereocenters. The third kappa shape index (κ3) is 5.14. The van der Waals surface area contributed by atoms with Gasteiger partial charge in [0, 0.05) is 5.70 Å². The standard InChI is InChI=1S/C19H27NO/c1-6-8-10-17(16(5)15(4)9-7-2)20-18-12-11-14(3)13-19(18)21/h7,9-13,20-21H,6,8H2,1-5H3/b9-7-,16-15+,17-10+. The topological polar surface area (TPSA) is 32.3 Å². The number of hydrogen-bond acceptors (Lipinski definition) is 2. The van der Waals surface area contributed by atoms with Gasteiger partial charge >= 0.3 is 0 Å². The highest BCUT2D eigenvalue weighted by Gasteiger charge is 2.07. The summed E-state index contributed by atoms with van der Waals surface area (Å²) in [6.45, 7) is 10.4. The van der Waals surface area contributed by atoms with Crippen LogP contribution in [0, 0.1) is 6.92 Å². The predicted octanol–water partition coefficient (Wildman–Crippen LogP) is 5.71. The summed E-state index contributed by atoms with van der Waals surface area (Å²) in [4.78, 5) is 0. The third-order valence-electron chi connectivity index (χ3n) is 3.47. The van der Waals surface area contributed by atoms with E-state index >= 15 is 0 Å². The normalized spacial score (nSPS) is 13.5. The molecule has 1 aromatic carbocycles. The van der Waals surface area contributed by atoms with Crippen molar-refractivity contribution in [3.8, 4) is 5.75 Å². The first-order chi connectivity index (χ1) is 9.99. The van der Waals surface area contributed by atoms with Crippen molar-refractivity contribution in [2.75, 3.05) is 5.32 Å². The molecule has 2 heteroatoms. The van der Waals surface area contributed by atoms with E-state index in [1.807, 2.05) is 32.1 Å². The maximum Gasteiger partial charge on any atom is 0.139 e. The lowest BCUT2D eigenvalue weighted by atomic mass is 10.1. The molecule has 0 aromatic heterocycles. The molecule has 0 saturated carbocycles. The van der Waals surface area contributed by atoms with Gasteiger partial charge in [0.1, 0.15) is 5.75 Å². The number of allylic oxidation sites excluding steroid dienone is 5. The Morgan fingerprint density at radius 2 is 2.00 bits per heavy atom. The second kappa shape index (κ2) is 8.35. The molecule has 0 bridgehead atoms. The smallest absolute Gasteiger partial charge is 0.139 e. The van der Waals surface area contributed by atoms with Crippen LogP contribution in [0.2, 0.25) is 0 Å². The fourth-order valence-corrected chi connectivity index (χ4v) is 2.07. The van der Waals surface area contributed by atoms with Crippen LogP contribution in [0.25, 0.3) is 0 Å². The Hall–Kier alpha value is -1.96. The molecule has 0 aliphatic heterocycles. The number of rotatable bonds is 6. The summed E-state index contributed by atoms with van der Waals surface area (Å²) in [5.74, 6) is 0.286. The van der Waals surface area contributed by atoms with Gasteiger partial charge < -0.3 is 10.4 Å². The number of anilines is 1. The number of unbranched alkanes of at least 4 members (excludes halogenated alkanes) is 1. The third-order valence-corrected chi connectivity index (χ3v) is 3.47. The van der Waals surface area contributed by atoms with Gasteiger partial charge in [0.2, 0.25) is 0 Å². The summed E-state index contributed by atoms with van der Waals surface area (Å²) in [5.41, 5.74) is 5.28. The zero-order chi connectivity index (χ0) is 15.8. The van der Waals surface area contributed by atoms with Crippen molar-refractivity contribution in [3.63, 3.8) is 0 Å². The van der Waals surface area contributed by atoms with Crippen LogP contribution in [-0.4, -0.2) is 5.11 Å². The zero-order valence-corrected chi connectivity index (χ0v) is 13.8. The Bertz CT molecular complexity index is 565. The molecule has 0 aliphatic carbocycles. The minimum Gasteiger partial charge on any atom is -0.506 e. The van der Waals surface area contributed by atoms with Gasteiger partial charge in [-0.1, -0.05) is 37.6 Å². The summed E-state index contributed by atoms with van der Waals surface area (Å²) in [6, 6.07) is 5.69. The second-order valence-corrected chi connectivity index (χ2v) is 5.36. The van der Waals surface area contributed by atoms with Crippen LogP contribution in [0.1, 0.15) is 46.1 Å². The van der Waals surface area contributed by atoms with Crippen LogP contribution in [0.4, 0.5) is 5.69 Å². The van der Waals surface area contributed by atoms with Crippen molar-refractivity contribution in [1.29, 1.82) is 0 Å². The predicted molar refractivity (Wildman–Crippen MR) is 92.6 cm³/mol. The van der Waals surface area contributed by atoms with Gasteiger partial charge in [-0.05, 0) is 63.0 Å². The molecule has 0 spiro atoms. The number of hydrogen-bond donors (Lipinski definition) is 2. The molecule has 0 saturated heterocycles. The average Bonchev–Trinajstić information content (AvgIpc) is 2.45. The van der Waals surface area contributed by atoms with E-state index in [9.17, 15) is 5.11 Å². The minimum absolute atomic E-state index is 0.286. The molecule has 0 amide bonds. The van der Waals surface area contributed by atoms with Crippen molar-refractivity contribution >= 4 is 5.69 Å². The van der Waals surface area contributed by atoms with E-state index in [0.717, 1.165) is 29.8 Å². The molecular formula is C19H27NO. The highest BCUT2D eigenvalue weighted by atomic mass is 16.3. The van der Waals surface area contributed by atoms with Crippen LogP contribution >= 0.6 is 0 Å². The highest BCUT2D eigenvalue weighted by molar-refractivity contribution is 5.62. The van der Waals surface area contributed by atoms with Crippen LogP contribution in [0.3, 0.4) is 0 Å². The highest BCUT2D eigenvalue weighted by Crippen LogP contribution is 2.28. The van der Waals surface area contributed by atoms with Gasteiger partial charge in [-0.3, -0.25) is 0 Å². The second-order valence-electron chi connectivity index (χ2n) is 5.36. The summed E-state index contributed by atoms with van der Waals surface area (Å²) in [5, 5.41) is 13.4. The van der Waals surface area contributed by atoms with E-state index in [1.165, 1.54) is 11.1 Å². The molecular weight excluding hydrogens is 258 g/mol. The zero-order valence-electron chi connectivity index (χ0n) is 13.8. The van der Waals surface area contributed by atoms with Gasteiger partial charge in [-0.25, -0.2) is 0 Å². The van der Waals surface area contributed by atoms with E-state index < -0.39 is 0 Å². The molecule has 1 rings (SSSR count). The summed E-state index contributed by atoms with van der Waals surface area (Å²) in [7, 11) is 0. The summed E-state index contributed by atoms with van der Waals surface area (Å²) >= 11 is 0. The maximum absolute atomic E-state index is 10.1. The molecule has 0 fully saturated rings. The van der Waals surface area contributed by atoms with Crippen molar-refractivity contribution in [3.05, 3.63) is 58.8 Å². The Balaban J connectivity index is 3.12. The first-order valence-corrected chi connectivity index (χ1v) is 7.57. The van der Waals surface area contributed by atoms with Gasteiger partial charge in [-0.15, -0.1) is 0 Å². The molecule has 114 valence electrons. The number of benzene rings is 1. The van der Waals surface area contributed by atoms with Crippen LogP contribution in [0.15, 0.2) is 53.3 Å². The fraction of sp³-hybridized carbons (Fsp3) is 0.368. The number of aromatic hydroxyl groups is 1. The molecule has 2 N–H and O–H groups in total. The van der Waals surface area contributed by atoms with Gasteiger partial charge in [0.25, 0.3) is 0 Å². The van der Waals surface area contributed by atoms with Crippen LogP contribution in [0.5, 0.6) is 5.75 Å². The lowest BCUT2D eigenvalue weighted by molar-refractivity contribution is 0.477. The Labute approximate surface area is 128 Å². The van der Waals surface area contributed by atoms with E-state index in [-0.39, 0.29) is 5.75 Å². The Kier molecular flexibility index (Phi) is 6.80. The van der Waals surface area contributed by atoms with Gasteiger partial charge in [-0.2, -0.15) is 0 Å². The van der Waals surface area contributed by atoms with Crippen molar-refractivity contribution in [2.24, 2.45) is 0 Å². The molecule has 21 heavy (non-hydrogen) atoms. The largest absolute Gasteiger partial charge is 0.506 e. The molecule has 0 atom stereocenters. The van der Waals surface area contributed by atoms with E-state index in [0.29, 0.717) is 0 Å². The van der Waals surface area contributed by atoms with E-state index in [2.05, 4.69) is 38.2 Å². The lowest BCUT2D eigenvalue weighted by Gasteiger charge is -2.15. The quantitative estimate of drug-likeness (QED) is 0.518. The van der Waals surface area contributed by atoms with Gasteiger partial charge in [0.15, 0.2) is 0 Å². The fourth-order valence-electron chi connectivity index (χ4n) is 2.07. The van der Waals surface area contributed by atoms with Crippen molar-refractivity contribution in [2.45, 2.75) is 47.5 Å². The minimum atomic E-state index is 0.286. The van der Waals surface area contributed by atoms with Crippen LogP contribution < -0.4 is 5.32 Å². The molecule has 1 aromatic rings. The first-order valence-electron chi connectivity index (χ1n) is 7.57. The van der Waals surface area contributed by atoms with E-state index in [1.54, 1.807) is 6.07 Å². The van der Waals surface area contributed by atoms with Crippen LogP contribution in [-0.2, 0) is 0 Å². The lowest BCUT2D eigenvalue weighted by Crippen LogP contribution is -2.03. The Morgan fingerprint density at radius 3 is 2.57 bits per heavy atom. The summed E-state index contributed by atoms with van der Waals surface area (Å²) in [6.07, 6.45) is 8.45. The average molecular weight is 285 g/mol. The molecule has 0 heterocycles. The first kappa shape index (κ1) is 17.1. The maximum atomic E-state index is 10.1. The number of nitrogens with one attached hydrogen (secondary N) is 1. The number of phenols is 1. The monoisotopic (exact) mass is 285 g/mol. The van der Waals surface area contributed by atoms with Crippen molar-refractivity contribution < 1.29 is 5.11 Å². The molecule has 0 radical (unpaired) electrons. The summed E-state index contributed by atoms with van der Waals surface area (Å²) < 4.78 is 0. The SMILES string of the molecule is C\C=C/C(C)=C(C)/C(=C\CCC)Nc1ccc(C)cc1O. The molecule has 0 aliphatic rings. The number of phenolic OH excluding ortho intramolecular Hbond substituents is 1. The van der Waals surface area contributed by atoms with Crippen molar-refractivity contribution in [1.82, 2.24) is 0 Å². The van der Waals surface area contributed by atoms with E-state index in [4.69, 9.17) is 0 Å².